The zero-order chi connectivity index (χ0) is 29.7. The Morgan fingerprint density at radius 2 is 1.88 bits per heavy atom. The maximum Gasteiger partial charge on any atom is 0.259 e. The van der Waals surface area contributed by atoms with E-state index >= 15 is 0 Å². The molecule has 2 aromatic heterocycles. The van der Waals surface area contributed by atoms with Gasteiger partial charge in [0.2, 0.25) is 10.0 Å². The van der Waals surface area contributed by atoms with Gasteiger partial charge in [-0.3, -0.25) is 9.52 Å². The van der Waals surface area contributed by atoms with Gasteiger partial charge >= 0.3 is 0 Å². The Morgan fingerprint density at radius 3 is 2.51 bits per heavy atom. The van der Waals surface area contributed by atoms with E-state index in [2.05, 4.69) is 29.9 Å². The van der Waals surface area contributed by atoms with Crippen LogP contribution >= 0.6 is 0 Å². The molecule has 0 radical (unpaired) electrons. The van der Waals surface area contributed by atoms with Gasteiger partial charge in [0.1, 0.15) is 11.5 Å². The van der Waals surface area contributed by atoms with Crippen molar-refractivity contribution in [1.29, 1.82) is 0 Å². The van der Waals surface area contributed by atoms with Crippen molar-refractivity contribution in [3.8, 4) is 22.8 Å². The summed E-state index contributed by atoms with van der Waals surface area (Å²) in [4.78, 5) is 18.2. The van der Waals surface area contributed by atoms with Crippen molar-refractivity contribution < 1.29 is 17.9 Å². The second-order valence-corrected chi connectivity index (χ2v) is 13.3. The van der Waals surface area contributed by atoms with Crippen LogP contribution in [0.25, 0.3) is 17.1 Å². The molecule has 2 N–H and O–H groups in total. The second kappa shape index (κ2) is 10.3. The van der Waals surface area contributed by atoms with Crippen LogP contribution in [0.15, 0.2) is 42.7 Å². The van der Waals surface area contributed by atoms with Crippen molar-refractivity contribution in [1.82, 2.24) is 24.5 Å². The standard InChI is InChI=1S/C29H35N7O4S/c1-17-8-11-20(14-24(17)36-16-23(32-34-36)25-15-30-27(35(25)5)18-9-10-18)31-28(37)21-12-19(29(2,3)4)13-22(26(21)40-6)33-41(7,38)39/h8,11-16,18,33H,9-10H2,1-7H3,(H,31,37). The first kappa shape index (κ1) is 28.3. The van der Waals surface area contributed by atoms with Gasteiger partial charge in [-0.25, -0.2) is 18.1 Å². The van der Waals surface area contributed by atoms with Gasteiger partial charge in [0, 0.05) is 18.7 Å². The molecule has 2 aromatic carbocycles. The van der Waals surface area contributed by atoms with E-state index in [0.717, 1.165) is 47.4 Å². The summed E-state index contributed by atoms with van der Waals surface area (Å²) in [5, 5.41) is 11.7. The first-order valence-corrected chi connectivity index (χ1v) is 15.2. The summed E-state index contributed by atoms with van der Waals surface area (Å²) < 4.78 is 35.9. The Kier molecular flexibility index (Phi) is 7.14. The zero-order valence-electron chi connectivity index (χ0n) is 24.3. The molecular weight excluding hydrogens is 542 g/mol. The molecule has 1 saturated carbocycles. The number of sulfonamides is 1. The van der Waals surface area contributed by atoms with Crippen LogP contribution in [0.1, 0.15) is 66.8 Å². The SMILES string of the molecule is COc1c(NS(C)(=O)=O)cc(C(C)(C)C)cc1C(=O)Nc1ccc(C)c(-n2cc(-c3cnc(C4CC4)n3C)nn2)c1. The van der Waals surface area contributed by atoms with E-state index in [1.54, 1.807) is 22.9 Å². The maximum atomic E-state index is 13.6. The van der Waals surface area contributed by atoms with Gasteiger partial charge in [0.15, 0.2) is 5.75 Å². The molecule has 0 saturated heterocycles. The monoisotopic (exact) mass is 577 g/mol. The van der Waals surface area contributed by atoms with Crippen molar-refractivity contribution >= 4 is 27.3 Å². The molecule has 1 aliphatic rings. The minimum absolute atomic E-state index is 0.135. The predicted octanol–water partition coefficient (Wildman–Crippen LogP) is 4.78. The smallest absolute Gasteiger partial charge is 0.259 e. The van der Waals surface area contributed by atoms with Gasteiger partial charge in [0.25, 0.3) is 5.91 Å². The molecule has 1 fully saturated rings. The molecule has 0 spiro atoms. The van der Waals surface area contributed by atoms with Crippen molar-refractivity contribution in [3.05, 3.63) is 65.2 Å². The van der Waals surface area contributed by atoms with Crippen LogP contribution in [-0.4, -0.2) is 52.2 Å². The largest absolute Gasteiger partial charge is 0.494 e. The van der Waals surface area contributed by atoms with Gasteiger partial charge in [-0.05, 0) is 60.6 Å². The van der Waals surface area contributed by atoms with Crippen molar-refractivity contribution in [2.75, 3.05) is 23.4 Å². The summed E-state index contributed by atoms with van der Waals surface area (Å²) in [5.74, 6) is 1.28. The third-order valence-corrected chi connectivity index (χ3v) is 7.73. The molecule has 0 atom stereocenters. The average molecular weight is 578 g/mol. The van der Waals surface area contributed by atoms with E-state index in [1.807, 2.05) is 59.3 Å². The van der Waals surface area contributed by atoms with Gasteiger partial charge in [0.05, 0.1) is 48.4 Å². The number of benzene rings is 2. The Labute approximate surface area is 240 Å². The molecule has 5 rings (SSSR count). The number of aryl methyl sites for hydroxylation is 1. The minimum atomic E-state index is -3.62. The molecule has 216 valence electrons. The number of nitrogens with one attached hydrogen (secondary N) is 2. The van der Waals surface area contributed by atoms with Crippen LogP contribution < -0.4 is 14.8 Å². The fraction of sp³-hybridized carbons (Fsp3) is 0.379. The lowest BCUT2D eigenvalue weighted by Crippen LogP contribution is -2.20. The minimum Gasteiger partial charge on any atom is -0.494 e. The molecule has 0 bridgehead atoms. The van der Waals surface area contributed by atoms with Gasteiger partial charge in [-0.2, -0.15) is 0 Å². The van der Waals surface area contributed by atoms with E-state index in [0.29, 0.717) is 17.3 Å². The summed E-state index contributed by atoms with van der Waals surface area (Å²) >= 11 is 0. The number of rotatable bonds is 8. The quantitative estimate of drug-likeness (QED) is 0.308. The lowest BCUT2D eigenvalue weighted by molar-refractivity contribution is 0.102. The van der Waals surface area contributed by atoms with Crippen molar-refractivity contribution in [2.24, 2.45) is 7.05 Å². The Morgan fingerprint density at radius 1 is 1.15 bits per heavy atom. The molecule has 0 aliphatic heterocycles. The molecule has 12 heteroatoms. The number of hydrogen-bond donors (Lipinski definition) is 2. The summed E-state index contributed by atoms with van der Waals surface area (Å²) in [7, 11) is -0.221. The van der Waals surface area contributed by atoms with Crippen LogP contribution in [0.3, 0.4) is 0 Å². The Balaban J connectivity index is 1.47. The molecular formula is C29H35N7O4S. The second-order valence-electron chi connectivity index (χ2n) is 11.6. The number of imidazole rings is 1. The van der Waals surface area contributed by atoms with E-state index < -0.39 is 15.9 Å². The predicted molar refractivity (Wildman–Crippen MR) is 158 cm³/mol. The van der Waals surface area contributed by atoms with Crippen LogP contribution in [0.4, 0.5) is 11.4 Å². The summed E-state index contributed by atoms with van der Waals surface area (Å²) in [6, 6.07) is 8.93. The third kappa shape index (κ3) is 5.97. The molecule has 1 aliphatic carbocycles. The topological polar surface area (TPSA) is 133 Å². The average Bonchev–Trinajstić information content (AvgIpc) is 3.48. The fourth-order valence-corrected chi connectivity index (χ4v) is 5.29. The van der Waals surface area contributed by atoms with E-state index in [1.165, 1.54) is 7.11 Å². The summed E-state index contributed by atoms with van der Waals surface area (Å²) in [6.45, 7) is 7.91. The number of methoxy groups -OCH3 is 1. The molecule has 1 amide bonds. The highest BCUT2D eigenvalue weighted by atomic mass is 32.2. The van der Waals surface area contributed by atoms with E-state index in [4.69, 9.17) is 4.74 Å². The lowest BCUT2D eigenvalue weighted by atomic mass is 9.85. The first-order valence-electron chi connectivity index (χ1n) is 13.3. The third-order valence-electron chi connectivity index (χ3n) is 7.14. The Hall–Kier alpha value is -4.19. The summed E-state index contributed by atoms with van der Waals surface area (Å²) in [5.41, 5.74) is 4.64. The van der Waals surface area contributed by atoms with Crippen LogP contribution in [0.2, 0.25) is 0 Å². The number of nitrogens with zero attached hydrogens (tertiary/aromatic N) is 5. The number of anilines is 2. The van der Waals surface area contributed by atoms with Crippen LogP contribution in [0.5, 0.6) is 5.75 Å². The fourth-order valence-electron chi connectivity index (χ4n) is 4.74. The van der Waals surface area contributed by atoms with Crippen molar-refractivity contribution in [3.63, 3.8) is 0 Å². The molecule has 11 nitrogen and oxygen atoms in total. The molecule has 4 aromatic rings. The lowest BCUT2D eigenvalue weighted by Gasteiger charge is -2.23. The maximum absolute atomic E-state index is 13.6. The number of aromatic nitrogens is 5. The normalized spacial score (nSPS) is 13.7. The zero-order valence-corrected chi connectivity index (χ0v) is 25.1. The first-order chi connectivity index (χ1) is 19.2. The number of carbonyl (C=O) groups is 1. The highest BCUT2D eigenvalue weighted by Crippen LogP contribution is 2.40. The highest BCUT2D eigenvalue weighted by molar-refractivity contribution is 7.92. The molecule has 41 heavy (non-hydrogen) atoms. The van der Waals surface area contributed by atoms with Gasteiger partial charge in [-0.1, -0.05) is 32.1 Å². The number of carbonyl (C=O) groups excluding carboxylic acids is 1. The number of hydrogen-bond acceptors (Lipinski definition) is 7. The molecule has 2 heterocycles. The van der Waals surface area contributed by atoms with E-state index in [9.17, 15) is 13.2 Å². The number of ether oxygens (including phenoxy) is 1. The van der Waals surface area contributed by atoms with Crippen LogP contribution in [-0.2, 0) is 22.5 Å². The van der Waals surface area contributed by atoms with Gasteiger partial charge in [-0.15, -0.1) is 5.10 Å². The highest BCUT2D eigenvalue weighted by Gasteiger charge is 2.29. The van der Waals surface area contributed by atoms with E-state index in [-0.39, 0.29) is 22.4 Å². The van der Waals surface area contributed by atoms with Gasteiger partial charge < -0.3 is 14.6 Å². The van der Waals surface area contributed by atoms with Crippen molar-refractivity contribution in [2.45, 2.75) is 51.9 Å². The Bertz CT molecular complexity index is 1740. The van der Waals surface area contributed by atoms with Crippen LogP contribution in [0, 0.1) is 6.92 Å². The molecule has 0 unspecified atom stereocenters. The number of amides is 1. The summed E-state index contributed by atoms with van der Waals surface area (Å²) in [6.07, 6.45) is 7.06.